The summed E-state index contributed by atoms with van der Waals surface area (Å²) in [7, 11) is 0. The van der Waals surface area contributed by atoms with Gasteiger partial charge < -0.3 is 5.32 Å². The molecule has 1 rings (SSSR count). The predicted molar refractivity (Wildman–Crippen MR) is 53.2 cm³/mol. The second-order valence-corrected chi connectivity index (χ2v) is 3.86. The van der Waals surface area contributed by atoms with Crippen molar-refractivity contribution in [3.8, 4) is 12.3 Å². The van der Waals surface area contributed by atoms with Crippen LogP contribution in [0.4, 0.5) is 0 Å². The Morgan fingerprint density at radius 1 is 1.77 bits per heavy atom. The first-order chi connectivity index (χ1) is 6.24. The van der Waals surface area contributed by atoms with Crippen molar-refractivity contribution in [1.82, 2.24) is 5.32 Å². The lowest BCUT2D eigenvalue weighted by molar-refractivity contribution is -0.114. The summed E-state index contributed by atoms with van der Waals surface area (Å²) in [5.41, 5.74) is 0. The van der Waals surface area contributed by atoms with Crippen molar-refractivity contribution in [3.05, 3.63) is 0 Å². The maximum absolute atomic E-state index is 11.0. The molecule has 0 radical (unpaired) electrons. The number of carbonyl (C=O) groups excluding carboxylic acids is 1. The number of ketones is 1. The summed E-state index contributed by atoms with van der Waals surface area (Å²) in [5, 5.41) is 3.34. The van der Waals surface area contributed by atoms with E-state index in [1.54, 1.807) is 0 Å². The predicted octanol–water partition coefficient (Wildman–Crippen LogP) is 1.21. The lowest BCUT2D eigenvalue weighted by Crippen LogP contribution is -2.33. The molecule has 0 aromatic heterocycles. The van der Waals surface area contributed by atoms with Gasteiger partial charge >= 0.3 is 0 Å². The Morgan fingerprint density at radius 3 is 3.08 bits per heavy atom. The van der Waals surface area contributed by atoms with Crippen LogP contribution in [0.3, 0.4) is 0 Å². The zero-order valence-electron chi connectivity index (χ0n) is 8.18. The van der Waals surface area contributed by atoms with E-state index in [0.717, 1.165) is 13.1 Å². The molecule has 0 aromatic rings. The Labute approximate surface area is 80.1 Å². The Bertz CT molecular complexity index is 211. The van der Waals surface area contributed by atoms with Crippen LogP contribution in [0.1, 0.15) is 26.2 Å². The molecule has 0 bridgehead atoms. The Kier molecular flexibility index (Phi) is 3.98. The molecule has 1 aliphatic rings. The summed E-state index contributed by atoms with van der Waals surface area (Å²) in [6.45, 7) is 4.28. The van der Waals surface area contributed by atoms with Gasteiger partial charge in [-0.3, -0.25) is 4.79 Å². The Balaban J connectivity index is 2.33. The summed E-state index contributed by atoms with van der Waals surface area (Å²) in [6.07, 6.45) is 8.03. The van der Waals surface area contributed by atoms with Crippen LogP contribution < -0.4 is 5.32 Å². The molecule has 0 aliphatic carbocycles. The number of hydrogen-bond donors (Lipinski definition) is 1. The average molecular weight is 179 g/mol. The second-order valence-electron chi connectivity index (χ2n) is 3.86. The van der Waals surface area contributed by atoms with Gasteiger partial charge in [-0.2, -0.15) is 0 Å². The minimum Gasteiger partial charge on any atom is -0.316 e. The van der Waals surface area contributed by atoms with Crippen molar-refractivity contribution in [2.45, 2.75) is 26.2 Å². The zero-order valence-corrected chi connectivity index (χ0v) is 8.18. The SMILES string of the molecule is C#CC(=O)CC(C)C1CCCNC1. The third-order valence-electron chi connectivity index (χ3n) is 2.81. The van der Waals surface area contributed by atoms with Crippen LogP contribution in [-0.4, -0.2) is 18.9 Å². The Morgan fingerprint density at radius 2 is 2.54 bits per heavy atom. The molecule has 1 N–H and O–H groups in total. The molecule has 1 saturated heterocycles. The molecule has 1 aliphatic heterocycles. The van der Waals surface area contributed by atoms with Crippen molar-refractivity contribution in [1.29, 1.82) is 0 Å². The maximum Gasteiger partial charge on any atom is 0.205 e. The number of nitrogens with one attached hydrogen (secondary N) is 1. The van der Waals surface area contributed by atoms with E-state index in [4.69, 9.17) is 6.42 Å². The third-order valence-corrected chi connectivity index (χ3v) is 2.81. The van der Waals surface area contributed by atoms with E-state index >= 15 is 0 Å². The average Bonchev–Trinajstić information content (AvgIpc) is 2.19. The highest BCUT2D eigenvalue weighted by molar-refractivity contribution is 5.94. The fourth-order valence-electron chi connectivity index (χ4n) is 1.88. The number of piperidine rings is 1. The van der Waals surface area contributed by atoms with E-state index in [0.29, 0.717) is 18.3 Å². The molecule has 2 unspecified atom stereocenters. The van der Waals surface area contributed by atoms with Crippen molar-refractivity contribution in [3.63, 3.8) is 0 Å². The molecule has 72 valence electrons. The molecule has 0 aromatic carbocycles. The monoisotopic (exact) mass is 179 g/mol. The lowest BCUT2D eigenvalue weighted by Gasteiger charge is -2.27. The molecule has 13 heavy (non-hydrogen) atoms. The smallest absolute Gasteiger partial charge is 0.205 e. The number of terminal acetylenes is 1. The number of carbonyl (C=O) groups is 1. The minimum atomic E-state index is -0.0573. The first-order valence-corrected chi connectivity index (χ1v) is 4.94. The first kappa shape index (κ1) is 10.3. The van der Waals surface area contributed by atoms with Gasteiger partial charge in [0.25, 0.3) is 0 Å². The fraction of sp³-hybridized carbons (Fsp3) is 0.727. The van der Waals surface area contributed by atoms with Gasteiger partial charge in [-0.15, -0.1) is 6.42 Å². The van der Waals surface area contributed by atoms with E-state index in [1.807, 2.05) is 0 Å². The van der Waals surface area contributed by atoms with Gasteiger partial charge in [-0.25, -0.2) is 0 Å². The minimum absolute atomic E-state index is 0.0573. The maximum atomic E-state index is 11.0. The van der Waals surface area contributed by atoms with Crippen LogP contribution in [0.15, 0.2) is 0 Å². The van der Waals surface area contributed by atoms with Gasteiger partial charge in [0.05, 0.1) is 0 Å². The normalized spacial score (nSPS) is 24.8. The number of rotatable bonds is 3. The van der Waals surface area contributed by atoms with E-state index in [2.05, 4.69) is 18.2 Å². The van der Waals surface area contributed by atoms with Crippen molar-refractivity contribution in [2.24, 2.45) is 11.8 Å². The molecule has 0 amide bonds. The Hall–Kier alpha value is -0.810. The molecule has 2 atom stereocenters. The van der Waals surface area contributed by atoms with Crippen molar-refractivity contribution in [2.75, 3.05) is 13.1 Å². The van der Waals surface area contributed by atoms with Crippen LogP contribution in [0.2, 0.25) is 0 Å². The highest BCUT2D eigenvalue weighted by Gasteiger charge is 2.21. The fourth-order valence-corrected chi connectivity index (χ4v) is 1.88. The summed E-state index contributed by atoms with van der Waals surface area (Å²) < 4.78 is 0. The second kappa shape index (κ2) is 5.04. The zero-order chi connectivity index (χ0) is 9.68. The molecule has 1 heterocycles. The van der Waals surface area contributed by atoms with Gasteiger partial charge in [0, 0.05) is 6.42 Å². The van der Waals surface area contributed by atoms with Crippen LogP contribution in [-0.2, 0) is 4.79 Å². The van der Waals surface area contributed by atoms with Crippen LogP contribution in [0.5, 0.6) is 0 Å². The highest BCUT2D eigenvalue weighted by Crippen LogP contribution is 2.22. The van der Waals surface area contributed by atoms with Crippen LogP contribution in [0, 0.1) is 24.2 Å². The third kappa shape index (κ3) is 3.20. The number of hydrogen-bond acceptors (Lipinski definition) is 2. The summed E-state index contributed by atoms with van der Waals surface area (Å²) in [5.74, 6) is 3.18. The van der Waals surface area contributed by atoms with E-state index < -0.39 is 0 Å². The van der Waals surface area contributed by atoms with Crippen LogP contribution >= 0.6 is 0 Å². The first-order valence-electron chi connectivity index (χ1n) is 4.94. The molecule has 1 fully saturated rings. The van der Waals surface area contributed by atoms with Gasteiger partial charge in [0.15, 0.2) is 0 Å². The van der Waals surface area contributed by atoms with E-state index in [-0.39, 0.29) is 5.78 Å². The van der Waals surface area contributed by atoms with Gasteiger partial charge in [0.2, 0.25) is 5.78 Å². The molecule has 2 heteroatoms. The molecule has 2 nitrogen and oxygen atoms in total. The summed E-state index contributed by atoms with van der Waals surface area (Å²) >= 11 is 0. The number of Topliss-reactive ketones (excluding diaryl/α,β-unsaturated/α-hetero) is 1. The molecular formula is C11H17NO. The standard InChI is InChI=1S/C11H17NO/c1-3-11(13)7-9(2)10-5-4-6-12-8-10/h1,9-10,12H,4-8H2,2H3. The van der Waals surface area contributed by atoms with E-state index in [1.165, 1.54) is 12.8 Å². The van der Waals surface area contributed by atoms with Gasteiger partial charge in [-0.1, -0.05) is 6.92 Å². The molecular weight excluding hydrogens is 162 g/mol. The molecule has 0 saturated carbocycles. The topological polar surface area (TPSA) is 29.1 Å². The lowest BCUT2D eigenvalue weighted by atomic mass is 9.84. The highest BCUT2D eigenvalue weighted by atomic mass is 16.1. The van der Waals surface area contributed by atoms with Gasteiger partial charge in [0.1, 0.15) is 0 Å². The van der Waals surface area contributed by atoms with Gasteiger partial charge in [-0.05, 0) is 43.7 Å². The summed E-state index contributed by atoms with van der Waals surface area (Å²) in [6, 6.07) is 0. The molecule has 0 spiro atoms. The van der Waals surface area contributed by atoms with Crippen molar-refractivity contribution < 1.29 is 4.79 Å². The largest absolute Gasteiger partial charge is 0.316 e. The summed E-state index contributed by atoms with van der Waals surface area (Å²) in [4.78, 5) is 11.0. The van der Waals surface area contributed by atoms with E-state index in [9.17, 15) is 4.79 Å². The quantitative estimate of drug-likeness (QED) is 0.521. The van der Waals surface area contributed by atoms with Crippen molar-refractivity contribution >= 4 is 5.78 Å². The van der Waals surface area contributed by atoms with Crippen LogP contribution in [0.25, 0.3) is 0 Å².